The number of carbonyl (C=O) groups is 1. The van der Waals surface area contributed by atoms with Crippen LogP contribution in [0.2, 0.25) is 0 Å². The second-order valence-electron chi connectivity index (χ2n) is 6.05. The van der Waals surface area contributed by atoms with Gasteiger partial charge in [0.05, 0.1) is 23.1 Å². The largest absolute Gasteiger partial charge is 0.493 e. The lowest BCUT2D eigenvalue weighted by molar-refractivity contribution is -0.384. The molecule has 3 rings (SSSR count). The Morgan fingerprint density at radius 1 is 1.28 bits per heavy atom. The quantitative estimate of drug-likeness (QED) is 0.683. The zero-order valence-corrected chi connectivity index (χ0v) is 14.1. The van der Waals surface area contributed by atoms with Crippen molar-refractivity contribution in [2.24, 2.45) is 0 Å². The molecule has 0 unspecified atom stereocenters. The fraction of sp³-hybridized carbons (Fsp3) is 0.278. The lowest BCUT2D eigenvalue weighted by Gasteiger charge is -2.27. The minimum absolute atomic E-state index is 0.108. The van der Waals surface area contributed by atoms with Crippen LogP contribution in [0.25, 0.3) is 0 Å². The molecule has 0 fully saturated rings. The number of nitrogens with zero attached hydrogens (tertiary/aromatic N) is 2. The standard InChI is InChI=1S/C18H19N3O4/c1-20(2)16-8-7-12(21(23)24)11-14(16)18(22)19-15-9-10-25-17-6-4-3-5-13(15)17/h3-8,11,15H,9-10H2,1-2H3,(H,19,22)/t15-/m0/s1. The van der Waals surface area contributed by atoms with Crippen molar-refractivity contribution in [3.63, 3.8) is 0 Å². The average Bonchev–Trinajstić information content (AvgIpc) is 2.61. The number of nitrogens with one attached hydrogen (secondary N) is 1. The predicted octanol–water partition coefficient (Wildman–Crippen LogP) is 2.91. The van der Waals surface area contributed by atoms with Gasteiger partial charge in [0.2, 0.25) is 0 Å². The normalized spacial score (nSPS) is 15.7. The Morgan fingerprint density at radius 3 is 2.76 bits per heavy atom. The van der Waals surface area contributed by atoms with Crippen molar-refractivity contribution in [2.75, 3.05) is 25.6 Å². The molecule has 0 saturated carbocycles. The van der Waals surface area contributed by atoms with Gasteiger partial charge < -0.3 is 15.0 Å². The van der Waals surface area contributed by atoms with E-state index in [1.54, 1.807) is 25.1 Å². The summed E-state index contributed by atoms with van der Waals surface area (Å²) in [5, 5.41) is 14.0. The summed E-state index contributed by atoms with van der Waals surface area (Å²) in [6.45, 7) is 0.511. The van der Waals surface area contributed by atoms with E-state index in [-0.39, 0.29) is 23.2 Å². The Kier molecular flexibility index (Phi) is 4.56. The molecule has 0 aromatic heterocycles. The van der Waals surface area contributed by atoms with Gasteiger partial charge in [0, 0.05) is 43.9 Å². The highest BCUT2D eigenvalue weighted by Crippen LogP contribution is 2.32. The molecule has 1 aliphatic heterocycles. The molecule has 7 nitrogen and oxygen atoms in total. The Bertz CT molecular complexity index is 820. The number of hydrogen-bond donors (Lipinski definition) is 1. The number of anilines is 1. The Morgan fingerprint density at radius 2 is 2.04 bits per heavy atom. The fourth-order valence-electron chi connectivity index (χ4n) is 2.94. The van der Waals surface area contributed by atoms with E-state index in [9.17, 15) is 14.9 Å². The number of ether oxygens (including phenoxy) is 1. The summed E-state index contributed by atoms with van der Waals surface area (Å²) in [6, 6.07) is 11.7. The molecule has 1 N–H and O–H groups in total. The predicted molar refractivity (Wildman–Crippen MR) is 94.2 cm³/mol. The number of carbonyl (C=O) groups excluding carboxylic acids is 1. The zero-order chi connectivity index (χ0) is 18.0. The topological polar surface area (TPSA) is 84.7 Å². The highest BCUT2D eigenvalue weighted by atomic mass is 16.6. The maximum absolute atomic E-state index is 12.8. The van der Waals surface area contributed by atoms with Crippen LogP contribution >= 0.6 is 0 Å². The number of nitro groups is 1. The van der Waals surface area contributed by atoms with Crippen LogP contribution in [0.15, 0.2) is 42.5 Å². The number of fused-ring (bicyclic) bond motifs is 1. The molecular formula is C18H19N3O4. The average molecular weight is 341 g/mol. The van der Waals surface area contributed by atoms with Crippen molar-refractivity contribution in [1.82, 2.24) is 5.32 Å². The van der Waals surface area contributed by atoms with Crippen molar-refractivity contribution in [2.45, 2.75) is 12.5 Å². The van der Waals surface area contributed by atoms with Gasteiger partial charge in [-0.2, -0.15) is 0 Å². The molecule has 130 valence electrons. The maximum Gasteiger partial charge on any atom is 0.270 e. The van der Waals surface area contributed by atoms with Crippen molar-refractivity contribution >= 4 is 17.3 Å². The smallest absolute Gasteiger partial charge is 0.270 e. The van der Waals surface area contributed by atoms with Crippen LogP contribution in [0.4, 0.5) is 11.4 Å². The zero-order valence-electron chi connectivity index (χ0n) is 14.1. The summed E-state index contributed by atoms with van der Waals surface area (Å²) in [5.41, 5.74) is 1.72. The van der Waals surface area contributed by atoms with Gasteiger partial charge in [-0.1, -0.05) is 18.2 Å². The maximum atomic E-state index is 12.8. The van der Waals surface area contributed by atoms with E-state index in [0.29, 0.717) is 18.7 Å². The van der Waals surface area contributed by atoms with Crippen LogP contribution in [0.3, 0.4) is 0 Å². The van der Waals surface area contributed by atoms with E-state index in [2.05, 4.69) is 5.32 Å². The van der Waals surface area contributed by atoms with E-state index in [0.717, 1.165) is 11.3 Å². The van der Waals surface area contributed by atoms with Crippen LogP contribution in [-0.2, 0) is 0 Å². The summed E-state index contributed by atoms with van der Waals surface area (Å²) in [6.07, 6.45) is 0.648. The van der Waals surface area contributed by atoms with Crippen molar-refractivity contribution < 1.29 is 14.5 Å². The fourth-order valence-corrected chi connectivity index (χ4v) is 2.94. The summed E-state index contributed by atoms with van der Waals surface area (Å²) < 4.78 is 5.60. The van der Waals surface area contributed by atoms with Gasteiger partial charge in [0.1, 0.15) is 5.75 Å². The lowest BCUT2D eigenvalue weighted by Crippen LogP contribution is -2.33. The van der Waals surface area contributed by atoms with Gasteiger partial charge >= 0.3 is 0 Å². The lowest BCUT2D eigenvalue weighted by atomic mass is 10.00. The van der Waals surface area contributed by atoms with Crippen molar-refractivity contribution in [3.8, 4) is 5.75 Å². The molecule has 0 aliphatic carbocycles. The summed E-state index contributed by atoms with van der Waals surface area (Å²) in [5.74, 6) is 0.417. The molecule has 25 heavy (non-hydrogen) atoms. The second-order valence-corrected chi connectivity index (χ2v) is 6.05. The van der Waals surface area contributed by atoms with E-state index < -0.39 is 4.92 Å². The molecule has 0 bridgehead atoms. The third-order valence-electron chi connectivity index (χ3n) is 4.18. The minimum Gasteiger partial charge on any atom is -0.493 e. The van der Waals surface area contributed by atoms with Gasteiger partial charge in [-0.25, -0.2) is 0 Å². The highest BCUT2D eigenvalue weighted by Gasteiger charge is 2.25. The molecule has 1 amide bonds. The third kappa shape index (κ3) is 3.40. The first-order valence-corrected chi connectivity index (χ1v) is 7.95. The van der Waals surface area contributed by atoms with Crippen LogP contribution in [-0.4, -0.2) is 31.5 Å². The van der Waals surface area contributed by atoms with Gasteiger partial charge in [0.15, 0.2) is 0 Å². The summed E-state index contributed by atoms with van der Waals surface area (Å²) in [7, 11) is 3.59. The number of rotatable bonds is 4. The Labute approximate surface area is 145 Å². The number of nitro benzene ring substituents is 1. The molecule has 2 aromatic rings. The number of benzene rings is 2. The molecule has 1 atom stereocenters. The minimum atomic E-state index is -0.500. The molecule has 1 heterocycles. The van der Waals surface area contributed by atoms with Crippen LogP contribution in [0.5, 0.6) is 5.75 Å². The van der Waals surface area contributed by atoms with Crippen molar-refractivity contribution in [3.05, 3.63) is 63.7 Å². The van der Waals surface area contributed by atoms with Crippen molar-refractivity contribution in [1.29, 1.82) is 0 Å². The Hall–Kier alpha value is -3.09. The second kappa shape index (κ2) is 6.80. The molecule has 7 heteroatoms. The monoisotopic (exact) mass is 341 g/mol. The first-order valence-electron chi connectivity index (χ1n) is 7.95. The molecular weight excluding hydrogens is 322 g/mol. The van der Waals surface area contributed by atoms with E-state index >= 15 is 0 Å². The molecule has 0 radical (unpaired) electrons. The SMILES string of the molecule is CN(C)c1ccc([N+](=O)[O-])cc1C(=O)N[C@H]1CCOc2ccccc21. The number of para-hydroxylation sites is 1. The number of amides is 1. The van der Waals surface area contributed by atoms with Gasteiger partial charge in [-0.15, -0.1) is 0 Å². The van der Waals surface area contributed by atoms with Crippen LogP contribution in [0.1, 0.15) is 28.4 Å². The number of hydrogen-bond acceptors (Lipinski definition) is 5. The van der Waals surface area contributed by atoms with Gasteiger partial charge in [-0.3, -0.25) is 14.9 Å². The number of non-ortho nitro benzene ring substituents is 1. The van der Waals surface area contributed by atoms with E-state index in [1.807, 2.05) is 24.3 Å². The summed E-state index contributed by atoms with van der Waals surface area (Å²) in [4.78, 5) is 25.1. The van der Waals surface area contributed by atoms with Crippen LogP contribution in [0, 0.1) is 10.1 Å². The molecule has 1 aliphatic rings. The van der Waals surface area contributed by atoms with Gasteiger partial charge in [-0.05, 0) is 12.1 Å². The molecule has 0 saturated heterocycles. The summed E-state index contributed by atoms with van der Waals surface area (Å²) >= 11 is 0. The molecule has 0 spiro atoms. The van der Waals surface area contributed by atoms with Gasteiger partial charge in [0.25, 0.3) is 11.6 Å². The molecule has 2 aromatic carbocycles. The van der Waals surface area contributed by atoms with Crippen LogP contribution < -0.4 is 15.0 Å². The first-order chi connectivity index (χ1) is 12.0. The Balaban J connectivity index is 1.91. The van der Waals surface area contributed by atoms with E-state index in [4.69, 9.17) is 4.74 Å². The first kappa shape index (κ1) is 16.8. The van der Waals surface area contributed by atoms with E-state index in [1.165, 1.54) is 12.1 Å². The third-order valence-corrected chi connectivity index (χ3v) is 4.18. The highest BCUT2D eigenvalue weighted by molar-refractivity contribution is 6.00.